The highest BCUT2D eigenvalue weighted by molar-refractivity contribution is 5.85. The molecule has 44 heavy (non-hydrogen) atoms. The second-order valence-electron chi connectivity index (χ2n) is 13.4. The van der Waals surface area contributed by atoms with Crippen LogP contribution in [0.25, 0.3) is 0 Å². The molecule has 0 radical (unpaired) electrons. The first-order chi connectivity index (χ1) is 20.9. The van der Waals surface area contributed by atoms with Gasteiger partial charge < -0.3 is 32.3 Å². The van der Waals surface area contributed by atoms with Crippen LogP contribution >= 0.6 is 0 Å². The van der Waals surface area contributed by atoms with Gasteiger partial charge in [-0.2, -0.15) is 0 Å². The van der Waals surface area contributed by atoms with Crippen LogP contribution in [-0.2, 0) is 22.4 Å². The number of hydrogen-bond acceptors (Lipinski definition) is 6. The fourth-order valence-electron chi connectivity index (χ4n) is 6.56. The van der Waals surface area contributed by atoms with Gasteiger partial charge in [0.1, 0.15) is 0 Å². The van der Waals surface area contributed by atoms with Gasteiger partial charge in [0.25, 0.3) is 0 Å². The molecule has 8 heteroatoms. The molecule has 4 atom stereocenters. The van der Waals surface area contributed by atoms with E-state index in [1.54, 1.807) is 0 Å². The van der Waals surface area contributed by atoms with E-state index in [-0.39, 0.29) is 23.9 Å². The van der Waals surface area contributed by atoms with Gasteiger partial charge in [0.15, 0.2) is 0 Å². The summed E-state index contributed by atoms with van der Waals surface area (Å²) in [6, 6.07) is 11.1. The number of hydrogen-bond donors (Lipinski definition) is 4. The van der Waals surface area contributed by atoms with E-state index in [9.17, 15) is 9.59 Å². The number of carbonyl (C=O) groups is 2. The molecule has 8 nitrogen and oxygen atoms in total. The highest BCUT2D eigenvalue weighted by atomic mass is 16.2. The van der Waals surface area contributed by atoms with Crippen LogP contribution in [0.1, 0.15) is 72.9 Å². The molecule has 0 aliphatic carbocycles. The van der Waals surface area contributed by atoms with Gasteiger partial charge in [-0.1, -0.05) is 67.8 Å². The van der Waals surface area contributed by atoms with Gasteiger partial charge in [0.05, 0.1) is 12.1 Å². The van der Waals surface area contributed by atoms with Crippen molar-refractivity contribution in [3.8, 4) is 0 Å². The number of nitrogens with zero attached hydrogens (tertiary/aromatic N) is 2. The molecule has 1 saturated heterocycles. The Hall–Kier alpha value is -2.78. The summed E-state index contributed by atoms with van der Waals surface area (Å²) in [5, 5.41) is 3.36. The summed E-state index contributed by atoms with van der Waals surface area (Å²) in [7, 11) is 0. The Balaban J connectivity index is 1.82. The van der Waals surface area contributed by atoms with Crippen LogP contribution in [0.3, 0.4) is 0 Å². The van der Waals surface area contributed by atoms with Crippen molar-refractivity contribution in [2.75, 3.05) is 32.7 Å². The zero-order valence-corrected chi connectivity index (χ0v) is 28.1. The molecule has 2 aromatic rings. The minimum atomic E-state index is -0.640. The molecule has 1 aliphatic rings. The van der Waals surface area contributed by atoms with Crippen molar-refractivity contribution in [2.45, 2.75) is 104 Å². The summed E-state index contributed by atoms with van der Waals surface area (Å²) in [4.78, 5) is 32.1. The third-order valence-electron chi connectivity index (χ3n) is 8.98. The van der Waals surface area contributed by atoms with Crippen molar-refractivity contribution < 1.29 is 9.59 Å². The SMILES string of the molecule is Cc1ccc(CC(N)C(=O)N2C[C@H](CCCCNCCN)N(C(=O)C(N)Cc3ccc(C)cc3C)C[C@H]2CC(C)C)c(C)c1. The maximum Gasteiger partial charge on any atom is 0.240 e. The maximum absolute atomic E-state index is 14.1. The van der Waals surface area contributed by atoms with Crippen LogP contribution in [0.2, 0.25) is 0 Å². The zero-order chi connectivity index (χ0) is 32.4. The van der Waals surface area contributed by atoms with Crippen molar-refractivity contribution in [1.29, 1.82) is 0 Å². The van der Waals surface area contributed by atoms with Crippen molar-refractivity contribution in [2.24, 2.45) is 23.1 Å². The highest BCUT2D eigenvalue weighted by Crippen LogP contribution is 2.26. The van der Waals surface area contributed by atoms with E-state index in [4.69, 9.17) is 17.2 Å². The molecule has 7 N–H and O–H groups in total. The van der Waals surface area contributed by atoms with E-state index in [0.717, 1.165) is 61.0 Å². The number of carbonyl (C=O) groups excluding carboxylic acids is 2. The lowest BCUT2D eigenvalue weighted by Crippen LogP contribution is -2.65. The first-order valence-electron chi connectivity index (χ1n) is 16.6. The van der Waals surface area contributed by atoms with Gasteiger partial charge in [0, 0.05) is 38.3 Å². The molecule has 3 rings (SSSR count). The van der Waals surface area contributed by atoms with E-state index < -0.39 is 12.1 Å². The molecule has 0 aromatic heterocycles. The molecule has 1 heterocycles. The van der Waals surface area contributed by atoms with Crippen molar-refractivity contribution in [1.82, 2.24) is 15.1 Å². The molecule has 0 spiro atoms. The summed E-state index contributed by atoms with van der Waals surface area (Å²) < 4.78 is 0. The number of rotatable bonds is 15. The lowest BCUT2D eigenvalue weighted by atomic mass is 9.92. The van der Waals surface area contributed by atoms with E-state index in [2.05, 4.69) is 83.3 Å². The minimum Gasteiger partial charge on any atom is -0.335 e. The van der Waals surface area contributed by atoms with Gasteiger partial charge in [-0.15, -0.1) is 0 Å². The van der Waals surface area contributed by atoms with Gasteiger partial charge >= 0.3 is 0 Å². The Morgan fingerprint density at radius 1 is 0.795 bits per heavy atom. The zero-order valence-electron chi connectivity index (χ0n) is 28.1. The molecular formula is C36H58N6O2. The second kappa shape index (κ2) is 17.1. The lowest BCUT2D eigenvalue weighted by Gasteiger charge is -2.48. The molecule has 1 aliphatic heterocycles. The molecular weight excluding hydrogens is 548 g/mol. The van der Waals surface area contributed by atoms with Crippen LogP contribution < -0.4 is 22.5 Å². The van der Waals surface area contributed by atoms with E-state index in [0.29, 0.717) is 38.4 Å². The van der Waals surface area contributed by atoms with Crippen molar-refractivity contribution in [3.63, 3.8) is 0 Å². The summed E-state index contributed by atoms with van der Waals surface area (Å²) in [5.74, 6) is 0.297. The quantitative estimate of drug-likeness (QED) is 0.230. The predicted molar refractivity (Wildman–Crippen MR) is 181 cm³/mol. The number of piperazine rings is 1. The Morgan fingerprint density at radius 3 is 1.77 bits per heavy atom. The number of benzene rings is 2. The number of aryl methyl sites for hydroxylation is 4. The fourth-order valence-corrected chi connectivity index (χ4v) is 6.56. The molecule has 2 amide bonds. The normalized spacial score (nSPS) is 18.5. The van der Waals surface area contributed by atoms with Crippen LogP contribution in [0.15, 0.2) is 36.4 Å². The summed E-state index contributed by atoms with van der Waals surface area (Å²) >= 11 is 0. The Bertz CT molecular complexity index is 1230. The van der Waals surface area contributed by atoms with Crippen LogP contribution in [-0.4, -0.2) is 78.5 Å². The first kappa shape index (κ1) is 35.7. The van der Waals surface area contributed by atoms with Gasteiger partial charge in [-0.3, -0.25) is 9.59 Å². The standard InChI is InChI=1S/C36H58N6O2/c1-24(2)17-32-23-41(35(43)33(38)20-29-12-10-25(3)18-27(29)5)31(9-7-8-15-40-16-14-37)22-42(32)36(44)34(39)21-30-13-11-26(4)19-28(30)6/h10-13,18-19,24,31-34,40H,7-9,14-17,20-23,37-39H2,1-6H3/t31-,32+,33?,34?/m0/s1. The van der Waals surface area contributed by atoms with Gasteiger partial charge in [0.2, 0.25) is 11.8 Å². The summed E-state index contributed by atoms with van der Waals surface area (Å²) in [5.41, 5.74) is 25.8. The second-order valence-corrected chi connectivity index (χ2v) is 13.4. The predicted octanol–water partition coefficient (Wildman–Crippen LogP) is 3.53. The third-order valence-corrected chi connectivity index (χ3v) is 8.98. The fraction of sp³-hybridized carbons (Fsp3) is 0.611. The number of nitrogens with one attached hydrogen (secondary N) is 1. The smallest absolute Gasteiger partial charge is 0.240 e. The Labute approximate surface area is 266 Å². The topological polar surface area (TPSA) is 131 Å². The largest absolute Gasteiger partial charge is 0.335 e. The van der Waals surface area contributed by atoms with E-state index >= 15 is 0 Å². The number of unbranched alkanes of at least 4 members (excludes halogenated alkanes) is 1. The number of amides is 2. The minimum absolute atomic E-state index is 0.0306. The molecule has 244 valence electrons. The lowest BCUT2D eigenvalue weighted by molar-refractivity contribution is -0.149. The molecule has 2 unspecified atom stereocenters. The molecule has 2 aromatic carbocycles. The van der Waals surface area contributed by atoms with Crippen molar-refractivity contribution >= 4 is 11.8 Å². The summed E-state index contributed by atoms with van der Waals surface area (Å²) in [6.07, 6.45) is 4.50. The van der Waals surface area contributed by atoms with Gasteiger partial charge in [-0.25, -0.2) is 0 Å². The average molecular weight is 607 g/mol. The molecule has 0 saturated carbocycles. The van der Waals surface area contributed by atoms with Crippen LogP contribution in [0, 0.1) is 33.6 Å². The molecule has 0 bridgehead atoms. The Morgan fingerprint density at radius 2 is 1.30 bits per heavy atom. The van der Waals surface area contributed by atoms with Crippen LogP contribution in [0.5, 0.6) is 0 Å². The van der Waals surface area contributed by atoms with E-state index in [1.165, 1.54) is 11.1 Å². The van der Waals surface area contributed by atoms with Crippen molar-refractivity contribution in [3.05, 3.63) is 69.8 Å². The monoisotopic (exact) mass is 606 g/mol. The van der Waals surface area contributed by atoms with Gasteiger partial charge in [-0.05, 0) is 94.5 Å². The van der Waals surface area contributed by atoms with Crippen LogP contribution in [0.4, 0.5) is 0 Å². The van der Waals surface area contributed by atoms with E-state index in [1.807, 2.05) is 9.80 Å². The highest BCUT2D eigenvalue weighted by Gasteiger charge is 2.41. The molecule has 1 fully saturated rings. The average Bonchev–Trinajstić information content (AvgIpc) is 2.97. The first-order valence-corrected chi connectivity index (χ1v) is 16.6. The maximum atomic E-state index is 14.1. The summed E-state index contributed by atoms with van der Waals surface area (Å²) in [6.45, 7) is 15.9. The number of nitrogens with two attached hydrogens (primary N) is 3. The third kappa shape index (κ3) is 10.1. The Kier molecular flexibility index (Phi) is 13.8.